The Morgan fingerprint density at radius 2 is 1.82 bits per heavy atom. The number of unbranched alkanes of at least 4 members (excludes halogenated alkanes) is 2. The number of aromatic nitrogens is 3. The van der Waals surface area contributed by atoms with Crippen molar-refractivity contribution in [3.8, 4) is 11.1 Å². The zero-order valence-corrected chi connectivity index (χ0v) is 16.8. The molecule has 2 aromatic carbocycles. The molecule has 0 aliphatic rings. The molecule has 0 aliphatic heterocycles. The van der Waals surface area contributed by atoms with Crippen molar-refractivity contribution in [2.24, 2.45) is 5.92 Å². The van der Waals surface area contributed by atoms with Crippen molar-refractivity contribution in [1.82, 2.24) is 15.4 Å². The molecule has 148 valence electrons. The largest absolute Gasteiger partial charge is 0.466 e. The van der Waals surface area contributed by atoms with Crippen molar-refractivity contribution in [3.05, 3.63) is 48.0 Å². The van der Waals surface area contributed by atoms with Crippen LogP contribution >= 0.6 is 0 Å². The molecule has 3 aromatic rings. The summed E-state index contributed by atoms with van der Waals surface area (Å²) in [6, 6.07) is 14.1. The van der Waals surface area contributed by atoms with Gasteiger partial charge in [0, 0.05) is 12.0 Å². The first kappa shape index (κ1) is 20.1. The average Bonchev–Trinajstić information content (AvgIpc) is 3.18. The molecular weight excluding hydrogens is 350 g/mol. The minimum absolute atomic E-state index is 0.127. The summed E-state index contributed by atoms with van der Waals surface area (Å²) >= 11 is 0. The Morgan fingerprint density at radius 1 is 1.00 bits per heavy atom. The second kappa shape index (κ2) is 10.0. The van der Waals surface area contributed by atoms with Gasteiger partial charge in [-0.3, -0.25) is 4.79 Å². The van der Waals surface area contributed by atoms with Gasteiger partial charge in [-0.15, -0.1) is 0 Å². The zero-order valence-electron chi connectivity index (χ0n) is 16.8. The third kappa shape index (κ3) is 5.41. The first-order chi connectivity index (χ1) is 13.6. The smallest absolute Gasteiger partial charge is 0.306 e. The molecule has 0 unspecified atom stereocenters. The molecule has 0 fully saturated rings. The number of esters is 1. The molecule has 0 radical (unpaired) electrons. The van der Waals surface area contributed by atoms with Gasteiger partial charge in [0.2, 0.25) is 0 Å². The third-order valence-electron chi connectivity index (χ3n) is 4.94. The van der Waals surface area contributed by atoms with Gasteiger partial charge < -0.3 is 4.74 Å². The number of carbonyl (C=O) groups excluding carboxylic acids is 1. The van der Waals surface area contributed by atoms with Gasteiger partial charge in [-0.25, -0.2) is 0 Å². The lowest BCUT2D eigenvalue weighted by Gasteiger charge is -2.10. The highest BCUT2D eigenvalue weighted by atomic mass is 16.5. The second-order valence-corrected chi connectivity index (χ2v) is 7.62. The predicted octanol–water partition coefficient (Wildman–Crippen LogP) is 5.32. The van der Waals surface area contributed by atoms with Crippen LogP contribution in [0, 0.1) is 5.92 Å². The minimum Gasteiger partial charge on any atom is -0.466 e. The molecule has 0 saturated carbocycles. The van der Waals surface area contributed by atoms with E-state index in [1.54, 1.807) is 0 Å². The van der Waals surface area contributed by atoms with Crippen LogP contribution in [0.3, 0.4) is 0 Å². The maximum Gasteiger partial charge on any atom is 0.306 e. The van der Waals surface area contributed by atoms with E-state index in [0.29, 0.717) is 19.4 Å². The first-order valence-electron chi connectivity index (χ1n) is 10.2. The van der Waals surface area contributed by atoms with E-state index in [1.807, 2.05) is 30.3 Å². The van der Waals surface area contributed by atoms with Crippen LogP contribution in [0.25, 0.3) is 22.2 Å². The van der Waals surface area contributed by atoms with Crippen molar-refractivity contribution in [3.63, 3.8) is 0 Å². The average molecular weight is 380 g/mol. The summed E-state index contributed by atoms with van der Waals surface area (Å²) in [5.41, 5.74) is 4.92. The molecule has 28 heavy (non-hydrogen) atoms. The van der Waals surface area contributed by atoms with E-state index in [2.05, 4.69) is 41.4 Å². The van der Waals surface area contributed by atoms with E-state index >= 15 is 0 Å². The number of rotatable bonds is 10. The molecule has 3 rings (SSSR count). The number of H-pyrrole nitrogens is 1. The van der Waals surface area contributed by atoms with Gasteiger partial charge >= 0.3 is 5.97 Å². The topological polar surface area (TPSA) is 67.9 Å². The SMILES string of the molecule is CC(C)CCCCCOC(=O)CCc1ccccc1-c1cccc2n[nH]nc12. The second-order valence-electron chi connectivity index (χ2n) is 7.62. The number of fused-ring (bicyclic) bond motifs is 1. The Hall–Kier alpha value is -2.69. The molecule has 1 N–H and O–H groups in total. The van der Waals surface area contributed by atoms with Crippen LogP contribution in [0.4, 0.5) is 0 Å². The first-order valence-corrected chi connectivity index (χ1v) is 10.2. The predicted molar refractivity (Wildman–Crippen MR) is 112 cm³/mol. The zero-order chi connectivity index (χ0) is 19.8. The fourth-order valence-electron chi connectivity index (χ4n) is 3.41. The quantitative estimate of drug-likeness (QED) is 0.382. The molecule has 0 bridgehead atoms. The van der Waals surface area contributed by atoms with Gasteiger partial charge in [0.15, 0.2) is 0 Å². The standard InChI is InChI=1S/C23H29N3O2/c1-17(2)9-4-3-7-16-28-22(27)15-14-18-10-5-6-11-19(18)20-12-8-13-21-23(20)25-26-24-21/h5-6,8,10-13,17H,3-4,7,9,14-16H2,1-2H3,(H,24,25,26). The van der Waals surface area contributed by atoms with E-state index < -0.39 is 0 Å². The molecule has 0 spiro atoms. The van der Waals surface area contributed by atoms with Gasteiger partial charge in [-0.05, 0) is 36.0 Å². The van der Waals surface area contributed by atoms with E-state index in [9.17, 15) is 4.79 Å². The van der Waals surface area contributed by atoms with Crippen LogP contribution in [0.1, 0.15) is 51.5 Å². The molecule has 0 aliphatic carbocycles. The summed E-state index contributed by atoms with van der Waals surface area (Å²) in [7, 11) is 0. The summed E-state index contributed by atoms with van der Waals surface area (Å²) in [5.74, 6) is 0.615. The summed E-state index contributed by atoms with van der Waals surface area (Å²) < 4.78 is 5.41. The number of carbonyl (C=O) groups is 1. The van der Waals surface area contributed by atoms with Gasteiger partial charge in [0.05, 0.1) is 6.61 Å². The number of nitrogens with zero attached hydrogens (tertiary/aromatic N) is 2. The lowest BCUT2D eigenvalue weighted by atomic mass is 9.96. The van der Waals surface area contributed by atoms with Gasteiger partial charge in [-0.2, -0.15) is 15.4 Å². The van der Waals surface area contributed by atoms with E-state index in [-0.39, 0.29) is 5.97 Å². The fraction of sp³-hybridized carbons (Fsp3) is 0.435. The van der Waals surface area contributed by atoms with Crippen molar-refractivity contribution < 1.29 is 9.53 Å². The monoisotopic (exact) mass is 379 g/mol. The highest BCUT2D eigenvalue weighted by Gasteiger charge is 2.12. The van der Waals surface area contributed by atoms with Crippen molar-refractivity contribution in [2.45, 2.75) is 52.4 Å². The number of benzene rings is 2. The maximum absolute atomic E-state index is 12.1. The van der Waals surface area contributed by atoms with Crippen LogP contribution in [-0.2, 0) is 16.0 Å². The fourth-order valence-corrected chi connectivity index (χ4v) is 3.41. The van der Waals surface area contributed by atoms with Crippen LogP contribution in [-0.4, -0.2) is 28.0 Å². The summed E-state index contributed by atoms with van der Waals surface area (Å²) in [6.07, 6.45) is 5.55. The molecule has 0 amide bonds. The normalized spacial score (nSPS) is 11.2. The number of aromatic amines is 1. The van der Waals surface area contributed by atoms with Gasteiger partial charge in [-0.1, -0.05) is 69.5 Å². The molecule has 5 heteroatoms. The van der Waals surface area contributed by atoms with Crippen LogP contribution in [0.2, 0.25) is 0 Å². The molecule has 1 aromatic heterocycles. The molecule has 0 saturated heterocycles. The molecule has 5 nitrogen and oxygen atoms in total. The molecule has 0 atom stereocenters. The highest BCUT2D eigenvalue weighted by molar-refractivity contribution is 5.92. The van der Waals surface area contributed by atoms with Crippen LogP contribution in [0.15, 0.2) is 42.5 Å². The van der Waals surface area contributed by atoms with E-state index in [1.165, 1.54) is 12.8 Å². The van der Waals surface area contributed by atoms with Gasteiger partial charge in [0.1, 0.15) is 11.0 Å². The minimum atomic E-state index is -0.127. The van der Waals surface area contributed by atoms with E-state index in [0.717, 1.165) is 46.5 Å². The summed E-state index contributed by atoms with van der Waals surface area (Å²) in [4.78, 5) is 12.1. The Labute approximate surface area is 166 Å². The maximum atomic E-state index is 12.1. The van der Waals surface area contributed by atoms with Gasteiger partial charge in [0.25, 0.3) is 0 Å². The number of aryl methyl sites for hydroxylation is 1. The van der Waals surface area contributed by atoms with Crippen molar-refractivity contribution in [2.75, 3.05) is 6.61 Å². The van der Waals surface area contributed by atoms with Crippen LogP contribution < -0.4 is 0 Å². The Kier molecular flexibility index (Phi) is 7.18. The number of hydrogen-bond donors (Lipinski definition) is 1. The highest BCUT2D eigenvalue weighted by Crippen LogP contribution is 2.29. The molecular formula is C23H29N3O2. The Morgan fingerprint density at radius 3 is 2.68 bits per heavy atom. The molecule has 1 heterocycles. The lowest BCUT2D eigenvalue weighted by molar-refractivity contribution is -0.143. The van der Waals surface area contributed by atoms with Crippen LogP contribution in [0.5, 0.6) is 0 Å². The number of ether oxygens (including phenoxy) is 1. The summed E-state index contributed by atoms with van der Waals surface area (Å²) in [6.45, 7) is 5.00. The lowest BCUT2D eigenvalue weighted by Crippen LogP contribution is -2.07. The van der Waals surface area contributed by atoms with Crippen molar-refractivity contribution in [1.29, 1.82) is 0 Å². The Balaban J connectivity index is 1.54. The third-order valence-corrected chi connectivity index (χ3v) is 4.94. The number of para-hydroxylation sites is 1. The van der Waals surface area contributed by atoms with E-state index in [4.69, 9.17) is 4.74 Å². The number of hydrogen-bond acceptors (Lipinski definition) is 4. The summed E-state index contributed by atoms with van der Waals surface area (Å²) in [5, 5.41) is 11.1. The number of nitrogens with one attached hydrogen (secondary N) is 1. The van der Waals surface area contributed by atoms with Crippen molar-refractivity contribution >= 4 is 17.0 Å². The Bertz CT molecular complexity index is 902.